The van der Waals surface area contributed by atoms with Crippen LogP contribution < -0.4 is 4.74 Å². The zero-order valence-electron chi connectivity index (χ0n) is 11.8. The first kappa shape index (κ1) is 14.4. The summed E-state index contributed by atoms with van der Waals surface area (Å²) in [5.41, 5.74) is 1.80. The van der Waals surface area contributed by atoms with Crippen LogP contribution in [0.3, 0.4) is 0 Å². The molecule has 2 aromatic rings. The summed E-state index contributed by atoms with van der Waals surface area (Å²) in [6.07, 6.45) is 0. The highest BCUT2D eigenvalue weighted by Gasteiger charge is 2.16. The highest BCUT2D eigenvalue weighted by molar-refractivity contribution is 6.32. The van der Waals surface area contributed by atoms with Gasteiger partial charge in [0.05, 0.1) is 16.7 Å². The Hall–Kier alpha value is -1.98. The Kier molecular flexibility index (Phi) is 4.01. The van der Waals surface area contributed by atoms with Crippen molar-refractivity contribution in [3.8, 4) is 17.6 Å². The summed E-state index contributed by atoms with van der Waals surface area (Å²) in [6, 6.07) is 14.9. The maximum Gasteiger partial charge on any atom is 0.146 e. The van der Waals surface area contributed by atoms with Crippen LogP contribution in [0.1, 0.15) is 31.9 Å². The average Bonchev–Trinajstić information content (AvgIpc) is 2.41. The molecule has 0 unspecified atom stereocenters. The molecular weight excluding hydrogens is 270 g/mol. The second-order valence-electron chi connectivity index (χ2n) is 5.63. The van der Waals surface area contributed by atoms with Crippen molar-refractivity contribution in [1.82, 2.24) is 0 Å². The van der Waals surface area contributed by atoms with E-state index in [1.165, 1.54) is 0 Å². The van der Waals surface area contributed by atoms with Gasteiger partial charge in [0, 0.05) is 0 Å². The van der Waals surface area contributed by atoms with E-state index in [-0.39, 0.29) is 5.41 Å². The fraction of sp³-hybridized carbons (Fsp3) is 0.235. The van der Waals surface area contributed by atoms with Crippen LogP contribution in [0.2, 0.25) is 5.02 Å². The van der Waals surface area contributed by atoms with Crippen molar-refractivity contribution in [2.75, 3.05) is 0 Å². The van der Waals surface area contributed by atoms with Gasteiger partial charge in [-0.25, -0.2) is 0 Å². The molecule has 0 radical (unpaired) electrons. The average molecular weight is 286 g/mol. The van der Waals surface area contributed by atoms with E-state index in [0.29, 0.717) is 22.1 Å². The van der Waals surface area contributed by atoms with Crippen molar-refractivity contribution < 1.29 is 4.74 Å². The van der Waals surface area contributed by atoms with Crippen LogP contribution in [0.25, 0.3) is 0 Å². The Morgan fingerprint density at radius 1 is 1.05 bits per heavy atom. The van der Waals surface area contributed by atoms with Crippen molar-refractivity contribution in [3.63, 3.8) is 0 Å². The Morgan fingerprint density at radius 2 is 1.70 bits per heavy atom. The molecule has 0 aliphatic carbocycles. The molecule has 0 aromatic heterocycles. The van der Waals surface area contributed by atoms with Gasteiger partial charge in [0.25, 0.3) is 0 Å². The van der Waals surface area contributed by atoms with E-state index in [2.05, 4.69) is 26.8 Å². The normalized spacial score (nSPS) is 10.9. The lowest BCUT2D eigenvalue weighted by atomic mass is 9.87. The largest absolute Gasteiger partial charge is 0.456 e. The number of nitriles is 1. The summed E-state index contributed by atoms with van der Waals surface area (Å²) in [4.78, 5) is 0. The van der Waals surface area contributed by atoms with Gasteiger partial charge in [-0.1, -0.05) is 38.4 Å². The molecule has 20 heavy (non-hydrogen) atoms. The van der Waals surface area contributed by atoms with Gasteiger partial charge < -0.3 is 4.74 Å². The Balaban J connectivity index is 2.30. The predicted molar refractivity (Wildman–Crippen MR) is 81.4 cm³/mol. The third-order valence-corrected chi connectivity index (χ3v) is 3.32. The molecule has 0 heterocycles. The standard InChI is InChI=1S/C17H16ClNO/c1-17(2,3)13-6-9-15(18)16(10-13)20-14-7-4-12(11-19)5-8-14/h4-10H,1-3H3. The van der Waals surface area contributed by atoms with Gasteiger partial charge in [-0.3, -0.25) is 0 Å². The first-order valence-corrected chi connectivity index (χ1v) is 6.76. The fourth-order valence-corrected chi connectivity index (χ4v) is 1.93. The highest BCUT2D eigenvalue weighted by Crippen LogP contribution is 2.34. The van der Waals surface area contributed by atoms with Gasteiger partial charge in [0.1, 0.15) is 11.5 Å². The van der Waals surface area contributed by atoms with Gasteiger partial charge in [0.15, 0.2) is 0 Å². The van der Waals surface area contributed by atoms with E-state index in [1.54, 1.807) is 24.3 Å². The summed E-state index contributed by atoms with van der Waals surface area (Å²) in [5, 5.41) is 9.35. The van der Waals surface area contributed by atoms with Crippen LogP contribution in [0, 0.1) is 11.3 Å². The van der Waals surface area contributed by atoms with Crippen LogP contribution in [0.15, 0.2) is 42.5 Å². The molecule has 0 aliphatic heterocycles. The van der Waals surface area contributed by atoms with Crippen LogP contribution in [0.5, 0.6) is 11.5 Å². The van der Waals surface area contributed by atoms with Crippen LogP contribution in [-0.2, 0) is 5.41 Å². The third kappa shape index (κ3) is 3.31. The molecular formula is C17H16ClNO. The lowest BCUT2D eigenvalue weighted by Crippen LogP contribution is -2.10. The second kappa shape index (κ2) is 5.56. The molecule has 0 saturated carbocycles. The molecule has 0 amide bonds. The minimum atomic E-state index is 0.0351. The number of hydrogen-bond acceptors (Lipinski definition) is 2. The topological polar surface area (TPSA) is 33.0 Å². The van der Waals surface area contributed by atoms with Crippen LogP contribution >= 0.6 is 11.6 Å². The maximum atomic E-state index is 8.78. The molecule has 0 N–H and O–H groups in total. The fourth-order valence-electron chi connectivity index (χ4n) is 1.77. The third-order valence-electron chi connectivity index (χ3n) is 3.01. The minimum Gasteiger partial charge on any atom is -0.456 e. The first-order valence-electron chi connectivity index (χ1n) is 6.38. The molecule has 102 valence electrons. The summed E-state index contributed by atoms with van der Waals surface area (Å²) < 4.78 is 5.80. The lowest BCUT2D eigenvalue weighted by molar-refractivity contribution is 0.479. The van der Waals surface area contributed by atoms with Crippen molar-refractivity contribution in [2.45, 2.75) is 26.2 Å². The molecule has 2 rings (SSSR count). The van der Waals surface area contributed by atoms with Gasteiger partial charge in [-0.15, -0.1) is 0 Å². The van der Waals surface area contributed by atoms with Crippen molar-refractivity contribution in [2.24, 2.45) is 0 Å². The zero-order valence-corrected chi connectivity index (χ0v) is 12.5. The maximum absolute atomic E-state index is 8.78. The van der Waals surface area contributed by atoms with Crippen LogP contribution in [0.4, 0.5) is 0 Å². The van der Waals surface area contributed by atoms with Crippen molar-refractivity contribution >= 4 is 11.6 Å². The summed E-state index contributed by atoms with van der Waals surface area (Å²) in [5.74, 6) is 1.29. The number of benzene rings is 2. The zero-order chi connectivity index (χ0) is 14.8. The Morgan fingerprint density at radius 3 is 2.25 bits per heavy atom. The SMILES string of the molecule is CC(C)(C)c1ccc(Cl)c(Oc2ccc(C#N)cc2)c1. The smallest absolute Gasteiger partial charge is 0.146 e. The Bertz CT molecular complexity index is 648. The van der Waals surface area contributed by atoms with Gasteiger partial charge in [0.2, 0.25) is 0 Å². The number of ether oxygens (including phenoxy) is 1. The summed E-state index contributed by atoms with van der Waals surface area (Å²) >= 11 is 6.18. The monoisotopic (exact) mass is 285 g/mol. The summed E-state index contributed by atoms with van der Waals surface area (Å²) in [7, 11) is 0. The van der Waals surface area contributed by atoms with E-state index in [4.69, 9.17) is 21.6 Å². The highest BCUT2D eigenvalue weighted by atomic mass is 35.5. The van der Waals surface area contributed by atoms with Crippen molar-refractivity contribution in [1.29, 1.82) is 5.26 Å². The molecule has 0 atom stereocenters. The molecule has 0 aliphatic rings. The van der Waals surface area contributed by atoms with Crippen molar-refractivity contribution in [3.05, 3.63) is 58.6 Å². The van der Waals surface area contributed by atoms with E-state index in [9.17, 15) is 0 Å². The molecule has 0 saturated heterocycles. The lowest BCUT2D eigenvalue weighted by Gasteiger charge is -2.20. The van der Waals surface area contributed by atoms with Gasteiger partial charge in [-0.2, -0.15) is 5.26 Å². The number of nitrogens with zero attached hydrogens (tertiary/aromatic N) is 1. The number of hydrogen-bond donors (Lipinski definition) is 0. The summed E-state index contributed by atoms with van der Waals surface area (Å²) in [6.45, 7) is 6.42. The Labute approximate surface area is 124 Å². The quantitative estimate of drug-likeness (QED) is 0.750. The van der Waals surface area contributed by atoms with Gasteiger partial charge in [-0.05, 0) is 47.4 Å². The molecule has 2 nitrogen and oxygen atoms in total. The first-order chi connectivity index (χ1) is 9.40. The molecule has 0 spiro atoms. The van der Waals surface area contributed by atoms with E-state index >= 15 is 0 Å². The number of rotatable bonds is 2. The van der Waals surface area contributed by atoms with E-state index in [1.807, 2.05) is 18.2 Å². The molecule has 3 heteroatoms. The molecule has 0 bridgehead atoms. The van der Waals surface area contributed by atoms with E-state index < -0.39 is 0 Å². The van der Waals surface area contributed by atoms with Crippen LogP contribution in [-0.4, -0.2) is 0 Å². The molecule has 2 aromatic carbocycles. The minimum absolute atomic E-state index is 0.0351. The molecule has 0 fully saturated rings. The predicted octanol–water partition coefficient (Wildman–Crippen LogP) is 5.30. The van der Waals surface area contributed by atoms with E-state index in [0.717, 1.165) is 5.56 Å². The second-order valence-corrected chi connectivity index (χ2v) is 6.04. The number of halogens is 1. The van der Waals surface area contributed by atoms with Gasteiger partial charge >= 0.3 is 0 Å².